The van der Waals surface area contributed by atoms with Crippen molar-refractivity contribution in [2.24, 2.45) is 12.8 Å². The molecular formula is C13H17N3O2. The first-order chi connectivity index (χ1) is 8.58. The Morgan fingerprint density at radius 1 is 1.44 bits per heavy atom. The molecule has 0 saturated carbocycles. The molecule has 1 aromatic heterocycles. The Hall–Kier alpha value is -2.01. The SMILES string of the molecule is COc1ccc(-c2[nH]n(C)c(=O)c2CN)cc1C. The summed E-state index contributed by atoms with van der Waals surface area (Å²) < 4.78 is 6.66. The van der Waals surface area contributed by atoms with E-state index in [1.807, 2.05) is 25.1 Å². The molecule has 0 saturated heterocycles. The number of hydrogen-bond acceptors (Lipinski definition) is 3. The highest BCUT2D eigenvalue weighted by Crippen LogP contribution is 2.25. The van der Waals surface area contributed by atoms with Crippen molar-refractivity contribution in [3.8, 4) is 17.0 Å². The number of ether oxygens (including phenoxy) is 1. The molecule has 0 aliphatic heterocycles. The second-order valence-electron chi connectivity index (χ2n) is 4.22. The van der Waals surface area contributed by atoms with E-state index in [0.29, 0.717) is 5.56 Å². The van der Waals surface area contributed by atoms with E-state index in [4.69, 9.17) is 10.5 Å². The van der Waals surface area contributed by atoms with Crippen molar-refractivity contribution in [1.82, 2.24) is 9.78 Å². The Bertz CT molecular complexity index is 626. The summed E-state index contributed by atoms with van der Waals surface area (Å²) in [6, 6.07) is 5.77. The lowest BCUT2D eigenvalue weighted by molar-refractivity contribution is 0.412. The third-order valence-electron chi connectivity index (χ3n) is 3.03. The van der Waals surface area contributed by atoms with Crippen molar-refractivity contribution in [2.75, 3.05) is 7.11 Å². The van der Waals surface area contributed by atoms with Crippen molar-refractivity contribution in [3.05, 3.63) is 39.7 Å². The fraction of sp³-hybridized carbons (Fsp3) is 0.308. The van der Waals surface area contributed by atoms with E-state index in [2.05, 4.69) is 5.10 Å². The number of hydrogen-bond donors (Lipinski definition) is 2. The van der Waals surface area contributed by atoms with Gasteiger partial charge in [0.05, 0.1) is 18.4 Å². The summed E-state index contributed by atoms with van der Waals surface area (Å²) in [6.07, 6.45) is 0. The van der Waals surface area contributed by atoms with Gasteiger partial charge >= 0.3 is 0 Å². The van der Waals surface area contributed by atoms with Crippen LogP contribution in [0.4, 0.5) is 0 Å². The highest BCUT2D eigenvalue weighted by molar-refractivity contribution is 5.65. The van der Waals surface area contributed by atoms with Crippen LogP contribution in [0, 0.1) is 6.92 Å². The van der Waals surface area contributed by atoms with E-state index in [1.54, 1.807) is 14.2 Å². The third-order valence-corrected chi connectivity index (χ3v) is 3.03. The molecule has 2 rings (SSSR count). The molecular weight excluding hydrogens is 230 g/mol. The Morgan fingerprint density at radius 3 is 2.72 bits per heavy atom. The molecule has 5 nitrogen and oxygen atoms in total. The van der Waals surface area contributed by atoms with Crippen molar-refractivity contribution in [2.45, 2.75) is 13.5 Å². The average Bonchev–Trinajstić information content (AvgIpc) is 2.65. The molecule has 0 amide bonds. The number of aryl methyl sites for hydroxylation is 2. The number of nitrogens with zero attached hydrogens (tertiary/aromatic N) is 1. The highest BCUT2D eigenvalue weighted by atomic mass is 16.5. The number of nitrogens with two attached hydrogens (primary N) is 1. The Kier molecular flexibility index (Phi) is 3.25. The quantitative estimate of drug-likeness (QED) is 0.854. The number of rotatable bonds is 3. The van der Waals surface area contributed by atoms with Gasteiger partial charge in [0.2, 0.25) is 0 Å². The number of nitrogens with one attached hydrogen (secondary N) is 1. The van der Waals surface area contributed by atoms with Gasteiger partial charge in [-0.2, -0.15) is 0 Å². The maximum absolute atomic E-state index is 11.8. The zero-order valence-corrected chi connectivity index (χ0v) is 10.8. The number of aromatic nitrogens is 2. The molecule has 96 valence electrons. The van der Waals surface area contributed by atoms with Crippen LogP contribution in [0.3, 0.4) is 0 Å². The van der Waals surface area contributed by atoms with Gasteiger partial charge < -0.3 is 10.5 Å². The molecule has 18 heavy (non-hydrogen) atoms. The molecule has 3 N–H and O–H groups in total. The topological polar surface area (TPSA) is 73.0 Å². The fourth-order valence-electron chi connectivity index (χ4n) is 2.06. The van der Waals surface area contributed by atoms with Crippen LogP contribution in [0.2, 0.25) is 0 Å². The van der Waals surface area contributed by atoms with E-state index in [-0.39, 0.29) is 12.1 Å². The summed E-state index contributed by atoms with van der Waals surface area (Å²) in [7, 11) is 3.32. The molecule has 1 aromatic carbocycles. The number of benzene rings is 1. The maximum atomic E-state index is 11.8. The van der Waals surface area contributed by atoms with Gasteiger partial charge in [-0.25, -0.2) is 0 Å². The van der Waals surface area contributed by atoms with Crippen LogP contribution in [-0.2, 0) is 13.6 Å². The van der Waals surface area contributed by atoms with Gasteiger partial charge in [-0.05, 0) is 30.7 Å². The van der Waals surface area contributed by atoms with Crippen LogP contribution >= 0.6 is 0 Å². The molecule has 2 aromatic rings. The zero-order chi connectivity index (χ0) is 13.3. The molecule has 0 radical (unpaired) electrons. The van der Waals surface area contributed by atoms with Crippen molar-refractivity contribution in [1.29, 1.82) is 0 Å². The predicted octanol–water partition coefficient (Wildman–Crippen LogP) is 1.16. The van der Waals surface area contributed by atoms with Gasteiger partial charge in [-0.15, -0.1) is 0 Å². The van der Waals surface area contributed by atoms with E-state index in [1.165, 1.54) is 4.68 Å². The van der Waals surface area contributed by atoms with E-state index in [0.717, 1.165) is 22.6 Å². The Morgan fingerprint density at radius 2 is 2.17 bits per heavy atom. The zero-order valence-electron chi connectivity index (χ0n) is 10.8. The van der Waals surface area contributed by atoms with Gasteiger partial charge in [0.25, 0.3) is 5.56 Å². The maximum Gasteiger partial charge on any atom is 0.271 e. The van der Waals surface area contributed by atoms with Crippen LogP contribution in [0.5, 0.6) is 5.75 Å². The minimum atomic E-state index is -0.0824. The largest absolute Gasteiger partial charge is 0.496 e. The smallest absolute Gasteiger partial charge is 0.271 e. The minimum absolute atomic E-state index is 0.0824. The summed E-state index contributed by atoms with van der Waals surface area (Å²) in [4.78, 5) is 11.8. The van der Waals surface area contributed by atoms with Gasteiger partial charge in [0.1, 0.15) is 5.75 Å². The summed E-state index contributed by atoms with van der Waals surface area (Å²) >= 11 is 0. The minimum Gasteiger partial charge on any atom is -0.496 e. The second-order valence-corrected chi connectivity index (χ2v) is 4.22. The first kappa shape index (κ1) is 12.4. The lowest BCUT2D eigenvalue weighted by Crippen LogP contribution is -2.17. The van der Waals surface area contributed by atoms with Crippen molar-refractivity contribution < 1.29 is 4.74 Å². The molecule has 0 bridgehead atoms. The van der Waals surface area contributed by atoms with E-state index < -0.39 is 0 Å². The molecule has 5 heteroatoms. The molecule has 0 fully saturated rings. The Balaban J connectivity index is 2.59. The first-order valence-electron chi connectivity index (χ1n) is 5.71. The molecule has 0 atom stereocenters. The number of aromatic amines is 1. The normalized spacial score (nSPS) is 10.7. The van der Waals surface area contributed by atoms with Crippen molar-refractivity contribution >= 4 is 0 Å². The van der Waals surface area contributed by atoms with Gasteiger partial charge in [-0.3, -0.25) is 14.6 Å². The van der Waals surface area contributed by atoms with Crippen LogP contribution in [0.15, 0.2) is 23.0 Å². The fourth-order valence-corrected chi connectivity index (χ4v) is 2.06. The summed E-state index contributed by atoms with van der Waals surface area (Å²) in [5.74, 6) is 0.825. The molecule has 0 aliphatic carbocycles. The van der Waals surface area contributed by atoms with Gasteiger partial charge in [-0.1, -0.05) is 0 Å². The summed E-state index contributed by atoms with van der Waals surface area (Å²) in [5.41, 5.74) is 8.88. The summed E-state index contributed by atoms with van der Waals surface area (Å²) in [6.45, 7) is 2.18. The van der Waals surface area contributed by atoms with Gasteiger partial charge in [0, 0.05) is 19.2 Å². The lowest BCUT2D eigenvalue weighted by Gasteiger charge is -2.07. The van der Waals surface area contributed by atoms with Crippen LogP contribution in [0.25, 0.3) is 11.3 Å². The van der Waals surface area contributed by atoms with E-state index in [9.17, 15) is 4.79 Å². The van der Waals surface area contributed by atoms with Crippen LogP contribution in [-0.4, -0.2) is 16.9 Å². The van der Waals surface area contributed by atoms with Crippen molar-refractivity contribution in [3.63, 3.8) is 0 Å². The van der Waals surface area contributed by atoms with Crippen LogP contribution in [0.1, 0.15) is 11.1 Å². The third kappa shape index (κ3) is 1.93. The Labute approximate surface area is 105 Å². The summed E-state index contributed by atoms with van der Waals surface area (Å²) in [5, 5.41) is 3.03. The standard InChI is InChI=1S/C13H17N3O2/c1-8-6-9(4-5-11(8)18-3)12-10(7-14)13(17)16(2)15-12/h4-6,15H,7,14H2,1-3H3. The van der Waals surface area contributed by atoms with E-state index >= 15 is 0 Å². The molecule has 0 unspecified atom stereocenters. The van der Waals surface area contributed by atoms with Gasteiger partial charge in [0.15, 0.2) is 0 Å². The average molecular weight is 247 g/mol. The predicted molar refractivity (Wildman–Crippen MR) is 70.7 cm³/mol. The molecule has 0 spiro atoms. The molecule has 1 heterocycles. The molecule has 0 aliphatic rings. The number of methoxy groups -OCH3 is 1. The first-order valence-corrected chi connectivity index (χ1v) is 5.71. The second kappa shape index (κ2) is 4.70. The highest BCUT2D eigenvalue weighted by Gasteiger charge is 2.13. The monoisotopic (exact) mass is 247 g/mol. The lowest BCUT2D eigenvalue weighted by atomic mass is 10.0. The van der Waals surface area contributed by atoms with Crippen LogP contribution < -0.4 is 16.0 Å². The number of H-pyrrole nitrogens is 1.